The van der Waals surface area contributed by atoms with E-state index in [-0.39, 0.29) is 11.2 Å². The normalized spacial score (nSPS) is 30.3. The van der Waals surface area contributed by atoms with Gasteiger partial charge in [-0.2, -0.15) is 0 Å². The van der Waals surface area contributed by atoms with Gasteiger partial charge in [0.15, 0.2) is 0 Å². The van der Waals surface area contributed by atoms with Gasteiger partial charge in [0.05, 0.1) is 11.2 Å². The topological polar surface area (TPSA) is 9.23 Å². The third-order valence-corrected chi connectivity index (χ3v) is 2.86. The smallest absolute Gasteiger partial charge is 0.0643 e. The van der Waals surface area contributed by atoms with E-state index in [9.17, 15) is 0 Å². The minimum absolute atomic E-state index is 0.0770. The van der Waals surface area contributed by atoms with Gasteiger partial charge in [0.25, 0.3) is 0 Å². The van der Waals surface area contributed by atoms with Crippen LogP contribution < -0.4 is 0 Å². The zero-order valence-corrected chi connectivity index (χ0v) is 9.94. The minimum atomic E-state index is 0.0770. The number of rotatable bonds is 0. The highest BCUT2D eigenvalue weighted by Crippen LogP contribution is 2.38. The Hall–Kier alpha value is 0.690. The Bertz CT molecular complexity index is 136. The second-order valence-electron chi connectivity index (χ2n) is 4.63. The molecule has 0 N–H and O–H groups in total. The first-order valence-corrected chi connectivity index (χ1v) is 5.40. The largest absolute Gasteiger partial charge is 0.370 e. The fraction of sp³-hybridized carbons (Fsp3) is 1.00. The van der Waals surface area contributed by atoms with Crippen molar-refractivity contribution in [3.63, 3.8) is 0 Å². The van der Waals surface area contributed by atoms with Gasteiger partial charge in [-0.3, -0.25) is 0 Å². The van der Waals surface area contributed by atoms with Gasteiger partial charge in [-0.05, 0) is 40.5 Å². The SMILES string of the molecule is CC1(C)CC(I)CC(C)(C)O1. The second kappa shape index (κ2) is 2.87. The van der Waals surface area contributed by atoms with Crippen LogP contribution in [0.5, 0.6) is 0 Å². The summed E-state index contributed by atoms with van der Waals surface area (Å²) in [6.07, 6.45) is 2.36. The standard InChI is InChI=1S/C9H17IO/c1-8(2)5-7(10)6-9(3,4)11-8/h7H,5-6H2,1-4H3. The van der Waals surface area contributed by atoms with Gasteiger partial charge in [-0.1, -0.05) is 22.6 Å². The number of hydrogen-bond acceptors (Lipinski definition) is 1. The van der Waals surface area contributed by atoms with Crippen LogP contribution in [0.15, 0.2) is 0 Å². The van der Waals surface area contributed by atoms with E-state index < -0.39 is 0 Å². The van der Waals surface area contributed by atoms with Crippen molar-refractivity contribution in [1.29, 1.82) is 0 Å². The van der Waals surface area contributed by atoms with Gasteiger partial charge < -0.3 is 4.74 Å². The molecule has 66 valence electrons. The third kappa shape index (κ3) is 2.90. The number of alkyl halides is 1. The van der Waals surface area contributed by atoms with Crippen molar-refractivity contribution in [3.8, 4) is 0 Å². The van der Waals surface area contributed by atoms with Crippen LogP contribution in [0.3, 0.4) is 0 Å². The molecule has 1 saturated heterocycles. The molecule has 0 aromatic rings. The summed E-state index contributed by atoms with van der Waals surface area (Å²) in [4.78, 5) is 0. The van der Waals surface area contributed by atoms with Crippen LogP contribution in [0.1, 0.15) is 40.5 Å². The van der Waals surface area contributed by atoms with Crippen LogP contribution in [0, 0.1) is 0 Å². The van der Waals surface area contributed by atoms with Crippen LogP contribution in [-0.4, -0.2) is 15.1 Å². The van der Waals surface area contributed by atoms with E-state index in [4.69, 9.17) is 4.74 Å². The first-order chi connectivity index (χ1) is 4.81. The summed E-state index contributed by atoms with van der Waals surface area (Å²) in [7, 11) is 0. The van der Waals surface area contributed by atoms with Crippen LogP contribution in [0.2, 0.25) is 0 Å². The highest BCUT2D eigenvalue weighted by Gasteiger charge is 2.37. The van der Waals surface area contributed by atoms with Gasteiger partial charge >= 0.3 is 0 Å². The fourth-order valence-corrected chi connectivity index (χ4v) is 4.09. The maximum absolute atomic E-state index is 5.93. The molecule has 0 atom stereocenters. The predicted molar refractivity (Wildman–Crippen MR) is 56.3 cm³/mol. The molecular formula is C9H17IO. The van der Waals surface area contributed by atoms with Crippen molar-refractivity contribution in [1.82, 2.24) is 0 Å². The summed E-state index contributed by atoms with van der Waals surface area (Å²) in [5.41, 5.74) is 0.154. The van der Waals surface area contributed by atoms with E-state index in [1.54, 1.807) is 0 Å². The zero-order valence-electron chi connectivity index (χ0n) is 7.78. The summed E-state index contributed by atoms with van der Waals surface area (Å²) in [5.74, 6) is 0. The lowest BCUT2D eigenvalue weighted by atomic mass is 9.89. The highest BCUT2D eigenvalue weighted by molar-refractivity contribution is 14.1. The summed E-state index contributed by atoms with van der Waals surface area (Å²) in [6, 6.07) is 0. The number of ether oxygens (including phenoxy) is 1. The summed E-state index contributed by atoms with van der Waals surface area (Å²) in [5, 5.41) is 0. The average Bonchev–Trinajstić information content (AvgIpc) is 1.49. The molecule has 0 amide bonds. The molecular weight excluding hydrogens is 251 g/mol. The molecule has 0 unspecified atom stereocenters. The summed E-state index contributed by atoms with van der Waals surface area (Å²) in [6.45, 7) is 8.72. The van der Waals surface area contributed by atoms with Crippen molar-refractivity contribution < 1.29 is 4.74 Å². The first-order valence-electron chi connectivity index (χ1n) is 4.15. The molecule has 1 aliphatic heterocycles. The van der Waals surface area contributed by atoms with Crippen LogP contribution in [0.25, 0.3) is 0 Å². The molecule has 0 aromatic carbocycles. The Morgan fingerprint density at radius 1 is 1.09 bits per heavy atom. The maximum Gasteiger partial charge on any atom is 0.0643 e. The van der Waals surface area contributed by atoms with Crippen molar-refractivity contribution in [2.45, 2.75) is 55.7 Å². The molecule has 2 heteroatoms. The van der Waals surface area contributed by atoms with E-state index in [2.05, 4.69) is 50.3 Å². The molecule has 0 aliphatic carbocycles. The van der Waals surface area contributed by atoms with Crippen LogP contribution in [0.4, 0.5) is 0 Å². The Labute approximate surface area is 83.0 Å². The molecule has 0 bridgehead atoms. The molecule has 0 spiro atoms. The maximum atomic E-state index is 5.93. The van der Waals surface area contributed by atoms with Gasteiger partial charge in [0, 0.05) is 3.92 Å². The van der Waals surface area contributed by atoms with Gasteiger partial charge in [0.1, 0.15) is 0 Å². The van der Waals surface area contributed by atoms with E-state index in [0.29, 0.717) is 0 Å². The number of hydrogen-bond donors (Lipinski definition) is 0. The molecule has 1 fully saturated rings. The summed E-state index contributed by atoms with van der Waals surface area (Å²) >= 11 is 2.53. The van der Waals surface area contributed by atoms with Gasteiger partial charge in [0.2, 0.25) is 0 Å². The Morgan fingerprint density at radius 2 is 1.45 bits per heavy atom. The van der Waals surface area contributed by atoms with Crippen molar-refractivity contribution >= 4 is 22.6 Å². The fourth-order valence-electron chi connectivity index (χ4n) is 1.97. The number of halogens is 1. The van der Waals surface area contributed by atoms with Crippen molar-refractivity contribution in [2.24, 2.45) is 0 Å². The molecule has 1 nitrogen and oxygen atoms in total. The predicted octanol–water partition coefficient (Wildman–Crippen LogP) is 3.16. The molecule has 0 saturated carbocycles. The second-order valence-corrected chi connectivity index (χ2v) is 6.39. The van der Waals surface area contributed by atoms with Crippen LogP contribution in [-0.2, 0) is 4.74 Å². The molecule has 0 radical (unpaired) electrons. The molecule has 0 aromatic heterocycles. The van der Waals surface area contributed by atoms with E-state index in [0.717, 1.165) is 3.92 Å². The van der Waals surface area contributed by atoms with E-state index >= 15 is 0 Å². The molecule has 1 rings (SSSR count). The Morgan fingerprint density at radius 3 is 1.73 bits per heavy atom. The monoisotopic (exact) mass is 268 g/mol. The van der Waals surface area contributed by atoms with Crippen molar-refractivity contribution in [3.05, 3.63) is 0 Å². The highest BCUT2D eigenvalue weighted by atomic mass is 127. The molecule has 11 heavy (non-hydrogen) atoms. The lowest BCUT2D eigenvalue weighted by Crippen LogP contribution is -2.45. The average molecular weight is 268 g/mol. The molecule has 1 aliphatic rings. The zero-order chi connectivity index (χ0) is 8.70. The van der Waals surface area contributed by atoms with Gasteiger partial charge in [-0.25, -0.2) is 0 Å². The van der Waals surface area contributed by atoms with Gasteiger partial charge in [-0.15, -0.1) is 0 Å². The summed E-state index contributed by atoms with van der Waals surface area (Å²) < 4.78 is 6.70. The van der Waals surface area contributed by atoms with E-state index in [1.807, 2.05) is 0 Å². The lowest BCUT2D eigenvalue weighted by molar-refractivity contribution is -0.151. The molecule has 1 heterocycles. The third-order valence-electron chi connectivity index (χ3n) is 1.98. The van der Waals surface area contributed by atoms with Crippen LogP contribution >= 0.6 is 22.6 Å². The Kier molecular flexibility index (Phi) is 2.55. The van der Waals surface area contributed by atoms with E-state index in [1.165, 1.54) is 12.8 Å². The first kappa shape index (κ1) is 9.78. The quantitative estimate of drug-likeness (QED) is 0.484. The Balaban J connectivity index is 2.66. The van der Waals surface area contributed by atoms with Crippen molar-refractivity contribution in [2.75, 3.05) is 0 Å². The minimum Gasteiger partial charge on any atom is -0.370 e. The lowest BCUT2D eigenvalue weighted by Gasteiger charge is -2.43.